The summed E-state index contributed by atoms with van der Waals surface area (Å²) >= 11 is 0. The number of hydrogen-bond donors (Lipinski definition) is 2. The molecule has 1 aliphatic carbocycles. The van der Waals surface area contributed by atoms with Crippen molar-refractivity contribution in [3.05, 3.63) is 88.5 Å². The van der Waals surface area contributed by atoms with Crippen molar-refractivity contribution >= 4 is 35.1 Å². The molecule has 3 aromatic rings. The first-order valence-corrected chi connectivity index (χ1v) is 11.4. The van der Waals surface area contributed by atoms with Crippen LogP contribution in [0.4, 0.5) is 10.5 Å². The third-order valence-corrected chi connectivity index (χ3v) is 6.74. The fraction of sp³-hybridized carbons (Fsp3) is 0.148. The van der Waals surface area contributed by atoms with Gasteiger partial charge < -0.3 is 20.1 Å². The molecule has 0 radical (unpaired) electrons. The van der Waals surface area contributed by atoms with Crippen LogP contribution in [0.25, 0.3) is 0 Å². The molecular formula is C27H19N3O7. The molecule has 6 rings (SSSR count). The van der Waals surface area contributed by atoms with Gasteiger partial charge in [-0.25, -0.2) is 4.79 Å². The van der Waals surface area contributed by atoms with Crippen LogP contribution in [0.5, 0.6) is 11.5 Å². The number of imide groups is 1. The van der Waals surface area contributed by atoms with Gasteiger partial charge in [-0.05, 0) is 42.8 Å². The predicted molar refractivity (Wildman–Crippen MR) is 129 cm³/mol. The molecule has 4 amide bonds. The number of carbonyl (C=O) groups is 5. The number of amides is 4. The van der Waals surface area contributed by atoms with E-state index in [1.165, 1.54) is 18.2 Å². The Bertz CT molecular complexity index is 1560. The zero-order valence-electron chi connectivity index (χ0n) is 19.5. The molecular weight excluding hydrogens is 478 g/mol. The van der Waals surface area contributed by atoms with Crippen LogP contribution in [0.2, 0.25) is 0 Å². The molecule has 1 saturated heterocycles. The number of anilines is 1. The molecule has 1 fully saturated rings. The molecule has 184 valence electrons. The van der Waals surface area contributed by atoms with Gasteiger partial charge >= 0.3 is 6.03 Å². The molecule has 37 heavy (non-hydrogen) atoms. The monoisotopic (exact) mass is 497 g/mol. The number of ketones is 2. The van der Waals surface area contributed by atoms with Crippen LogP contribution < -0.4 is 20.1 Å². The lowest BCUT2D eigenvalue weighted by Crippen LogP contribution is -2.42. The molecule has 10 heteroatoms. The number of hydrogen-bond acceptors (Lipinski definition) is 7. The van der Waals surface area contributed by atoms with E-state index >= 15 is 0 Å². The minimum atomic E-state index is -1.40. The number of carbonyl (C=O) groups excluding carboxylic acids is 5. The fourth-order valence-corrected chi connectivity index (χ4v) is 4.77. The Balaban J connectivity index is 1.19. The molecule has 2 heterocycles. The maximum atomic E-state index is 13.2. The van der Waals surface area contributed by atoms with Gasteiger partial charge in [0.25, 0.3) is 5.91 Å². The quantitative estimate of drug-likeness (QED) is 0.415. The lowest BCUT2D eigenvalue weighted by molar-refractivity contribution is -0.133. The van der Waals surface area contributed by atoms with Gasteiger partial charge in [0, 0.05) is 27.9 Å². The standard InChI is InChI=1S/C27H19N3O7/c1-27(14-6-9-20-21(10-14)37-13-36-20)25(34)30(26(35)29-27)12-22(31)28-15-7-8-18-19(11-15)24(33)17-5-3-2-4-16(17)23(18)32/h2-11H,12-13H2,1H3,(H,28,31)(H,29,35). The Kier molecular flexibility index (Phi) is 4.87. The zero-order valence-corrected chi connectivity index (χ0v) is 19.5. The molecule has 2 N–H and O–H groups in total. The third kappa shape index (κ3) is 3.45. The minimum Gasteiger partial charge on any atom is -0.454 e. The maximum absolute atomic E-state index is 13.2. The van der Waals surface area contributed by atoms with Crippen molar-refractivity contribution in [2.75, 3.05) is 18.7 Å². The van der Waals surface area contributed by atoms with Crippen LogP contribution in [0, 0.1) is 0 Å². The number of fused-ring (bicyclic) bond motifs is 3. The first kappa shape index (κ1) is 22.5. The van der Waals surface area contributed by atoms with Gasteiger partial charge in [-0.2, -0.15) is 0 Å². The Labute approximate surface area is 210 Å². The van der Waals surface area contributed by atoms with Crippen molar-refractivity contribution in [2.45, 2.75) is 12.5 Å². The van der Waals surface area contributed by atoms with Crippen LogP contribution >= 0.6 is 0 Å². The Morgan fingerprint density at radius 2 is 1.57 bits per heavy atom. The Hall–Kier alpha value is -4.99. The summed E-state index contributed by atoms with van der Waals surface area (Å²) in [5.74, 6) is -0.850. The summed E-state index contributed by atoms with van der Waals surface area (Å²) in [5.41, 5.74) is 0.393. The van der Waals surface area contributed by atoms with E-state index in [2.05, 4.69) is 10.6 Å². The van der Waals surface area contributed by atoms with E-state index in [4.69, 9.17) is 9.47 Å². The average molecular weight is 497 g/mol. The van der Waals surface area contributed by atoms with Crippen molar-refractivity contribution in [3.8, 4) is 11.5 Å². The molecule has 1 unspecified atom stereocenters. The van der Waals surface area contributed by atoms with Crippen molar-refractivity contribution < 1.29 is 33.4 Å². The normalized spacial score (nSPS) is 19.4. The van der Waals surface area contributed by atoms with E-state index in [0.29, 0.717) is 28.2 Å². The molecule has 0 bridgehead atoms. The fourth-order valence-electron chi connectivity index (χ4n) is 4.77. The maximum Gasteiger partial charge on any atom is 0.325 e. The van der Waals surface area contributed by atoms with E-state index in [1.54, 1.807) is 49.4 Å². The molecule has 3 aliphatic rings. The molecule has 0 spiro atoms. The van der Waals surface area contributed by atoms with Crippen LogP contribution in [0.3, 0.4) is 0 Å². The van der Waals surface area contributed by atoms with E-state index in [-0.39, 0.29) is 35.2 Å². The number of rotatable bonds is 4. The topological polar surface area (TPSA) is 131 Å². The van der Waals surface area contributed by atoms with Gasteiger partial charge in [0.1, 0.15) is 12.1 Å². The molecule has 0 saturated carbocycles. The van der Waals surface area contributed by atoms with Gasteiger partial charge in [-0.1, -0.05) is 30.3 Å². The van der Waals surface area contributed by atoms with Crippen LogP contribution in [0.15, 0.2) is 60.7 Å². The smallest absolute Gasteiger partial charge is 0.325 e. The lowest BCUT2D eigenvalue weighted by atomic mass is 9.84. The second kappa shape index (κ2) is 8.02. The largest absolute Gasteiger partial charge is 0.454 e. The van der Waals surface area contributed by atoms with Gasteiger partial charge in [-0.15, -0.1) is 0 Å². The Morgan fingerprint density at radius 3 is 2.32 bits per heavy atom. The molecule has 0 aromatic heterocycles. The summed E-state index contributed by atoms with van der Waals surface area (Å²) in [5, 5.41) is 5.25. The Morgan fingerprint density at radius 1 is 0.892 bits per heavy atom. The van der Waals surface area contributed by atoms with Crippen LogP contribution in [-0.4, -0.2) is 47.6 Å². The summed E-state index contributed by atoms with van der Waals surface area (Å²) in [6, 6.07) is 15.2. The summed E-state index contributed by atoms with van der Waals surface area (Å²) in [4.78, 5) is 65.2. The predicted octanol–water partition coefficient (Wildman–Crippen LogP) is 2.60. The highest BCUT2D eigenvalue weighted by Crippen LogP contribution is 2.38. The summed E-state index contributed by atoms with van der Waals surface area (Å²) in [7, 11) is 0. The van der Waals surface area contributed by atoms with E-state index in [1.807, 2.05) is 0 Å². The van der Waals surface area contributed by atoms with Crippen molar-refractivity contribution in [2.24, 2.45) is 0 Å². The number of ether oxygens (including phenoxy) is 2. The SMILES string of the molecule is CC1(c2ccc3c(c2)OCO3)NC(=O)N(CC(=O)Nc2ccc3c(c2)C(=O)c2ccccc2C3=O)C1=O. The van der Waals surface area contributed by atoms with Gasteiger partial charge in [0.2, 0.25) is 12.7 Å². The van der Waals surface area contributed by atoms with Crippen LogP contribution in [-0.2, 0) is 15.1 Å². The van der Waals surface area contributed by atoms with E-state index < -0.39 is 29.9 Å². The average Bonchev–Trinajstić information content (AvgIpc) is 3.45. The minimum absolute atomic E-state index is 0.0665. The van der Waals surface area contributed by atoms with E-state index in [9.17, 15) is 24.0 Å². The third-order valence-electron chi connectivity index (χ3n) is 6.74. The second-order valence-electron chi connectivity index (χ2n) is 9.03. The molecule has 10 nitrogen and oxygen atoms in total. The first-order chi connectivity index (χ1) is 17.8. The lowest BCUT2D eigenvalue weighted by Gasteiger charge is -2.22. The number of urea groups is 1. The van der Waals surface area contributed by atoms with E-state index in [0.717, 1.165) is 4.90 Å². The number of nitrogens with zero attached hydrogens (tertiary/aromatic N) is 1. The van der Waals surface area contributed by atoms with Crippen molar-refractivity contribution in [3.63, 3.8) is 0 Å². The zero-order chi connectivity index (χ0) is 25.9. The van der Waals surface area contributed by atoms with Crippen molar-refractivity contribution in [1.29, 1.82) is 0 Å². The highest BCUT2D eigenvalue weighted by atomic mass is 16.7. The van der Waals surface area contributed by atoms with Gasteiger partial charge in [0.15, 0.2) is 23.1 Å². The number of nitrogens with one attached hydrogen (secondary N) is 2. The van der Waals surface area contributed by atoms with Gasteiger partial charge in [0.05, 0.1) is 0 Å². The summed E-state index contributed by atoms with van der Waals surface area (Å²) < 4.78 is 10.7. The molecule has 2 aliphatic heterocycles. The molecule has 3 aromatic carbocycles. The summed E-state index contributed by atoms with van der Waals surface area (Å²) in [6.45, 7) is 1.07. The highest BCUT2D eigenvalue weighted by Gasteiger charge is 2.50. The molecule has 1 atom stereocenters. The van der Waals surface area contributed by atoms with Gasteiger partial charge in [-0.3, -0.25) is 24.1 Å². The second-order valence-corrected chi connectivity index (χ2v) is 9.03. The van der Waals surface area contributed by atoms with Crippen LogP contribution in [0.1, 0.15) is 44.3 Å². The van der Waals surface area contributed by atoms with Crippen molar-refractivity contribution in [1.82, 2.24) is 10.2 Å². The number of benzene rings is 3. The highest BCUT2D eigenvalue weighted by molar-refractivity contribution is 6.28. The summed E-state index contributed by atoms with van der Waals surface area (Å²) in [6.07, 6.45) is 0. The first-order valence-electron chi connectivity index (χ1n) is 11.4.